The molecule has 0 saturated carbocycles. The van der Waals surface area contributed by atoms with Crippen molar-refractivity contribution in [1.29, 1.82) is 0 Å². The van der Waals surface area contributed by atoms with Crippen molar-refractivity contribution in [1.82, 2.24) is 0 Å². The maximum absolute atomic E-state index is 5.97. The minimum Gasteiger partial charge on any atom is -0.488 e. The second-order valence-electron chi connectivity index (χ2n) is 4.99. The Morgan fingerprint density at radius 1 is 0.941 bits per heavy atom. The van der Waals surface area contributed by atoms with Crippen LogP contribution in [-0.2, 0) is 0 Å². The molecule has 0 saturated heterocycles. The van der Waals surface area contributed by atoms with E-state index in [0.29, 0.717) is 0 Å². The highest BCUT2D eigenvalue weighted by molar-refractivity contribution is 5.69. The van der Waals surface area contributed by atoms with Gasteiger partial charge < -0.3 is 4.74 Å². The lowest BCUT2D eigenvalue weighted by atomic mass is 10.0. The molecule has 2 rings (SSSR count). The van der Waals surface area contributed by atoms with Crippen LogP contribution in [0, 0.1) is 6.07 Å². The van der Waals surface area contributed by atoms with Crippen LogP contribution in [0.5, 0.6) is 5.75 Å². The molecule has 1 heteroatoms. The highest BCUT2D eigenvalue weighted by atomic mass is 16.5. The van der Waals surface area contributed by atoms with E-state index in [1.807, 2.05) is 42.5 Å². The minimum absolute atomic E-state index is 0.190. The van der Waals surface area contributed by atoms with Gasteiger partial charge in [-0.25, -0.2) is 0 Å². The molecule has 1 radical (unpaired) electrons. The Bertz CT molecular complexity index is 480. The van der Waals surface area contributed by atoms with Crippen LogP contribution in [-0.4, -0.2) is 5.60 Å². The first-order valence-corrected chi connectivity index (χ1v) is 5.81. The van der Waals surface area contributed by atoms with E-state index in [0.717, 1.165) is 16.9 Å². The monoisotopic (exact) mass is 225 g/mol. The molecule has 0 N–H and O–H groups in total. The molecule has 0 aliphatic rings. The van der Waals surface area contributed by atoms with Gasteiger partial charge in [-0.3, -0.25) is 0 Å². The molecule has 0 atom stereocenters. The van der Waals surface area contributed by atoms with Crippen LogP contribution >= 0.6 is 0 Å². The van der Waals surface area contributed by atoms with Crippen molar-refractivity contribution in [3.05, 3.63) is 54.6 Å². The molecule has 0 amide bonds. The molecule has 17 heavy (non-hydrogen) atoms. The number of para-hydroxylation sites is 1. The van der Waals surface area contributed by atoms with Crippen molar-refractivity contribution in [3.63, 3.8) is 0 Å². The number of benzene rings is 2. The third-order valence-electron chi connectivity index (χ3n) is 2.30. The Labute approximate surface area is 103 Å². The molecule has 0 aliphatic carbocycles. The minimum atomic E-state index is -0.190. The lowest BCUT2D eigenvalue weighted by Gasteiger charge is -2.23. The number of hydrogen-bond donors (Lipinski definition) is 0. The predicted molar refractivity (Wildman–Crippen MR) is 71.1 cm³/mol. The van der Waals surface area contributed by atoms with Gasteiger partial charge in [0.15, 0.2) is 0 Å². The van der Waals surface area contributed by atoms with Gasteiger partial charge in [-0.1, -0.05) is 42.5 Å². The summed E-state index contributed by atoms with van der Waals surface area (Å²) in [5, 5.41) is 0. The zero-order valence-corrected chi connectivity index (χ0v) is 10.5. The maximum Gasteiger partial charge on any atom is 0.127 e. The molecule has 0 aromatic heterocycles. The van der Waals surface area contributed by atoms with Crippen LogP contribution in [0.15, 0.2) is 48.5 Å². The van der Waals surface area contributed by atoms with Gasteiger partial charge in [0.2, 0.25) is 0 Å². The first kappa shape index (κ1) is 11.7. The van der Waals surface area contributed by atoms with Crippen molar-refractivity contribution in [3.8, 4) is 16.9 Å². The van der Waals surface area contributed by atoms with Crippen LogP contribution in [0.25, 0.3) is 11.1 Å². The van der Waals surface area contributed by atoms with E-state index < -0.39 is 0 Å². The highest BCUT2D eigenvalue weighted by Gasteiger charge is 2.14. The molecule has 0 bridgehead atoms. The van der Waals surface area contributed by atoms with Gasteiger partial charge in [0.05, 0.1) is 0 Å². The molecule has 0 spiro atoms. The van der Waals surface area contributed by atoms with Crippen molar-refractivity contribution in [2.75, 3.05) is 0 Å². The largest absolute Gasteiger partial charge is 0.488 e. The molecular formula is C16H17O. The SMILES string of the molecule is CC(C)(C)Oc1ccccc1-c1[c]cccc1. The van der Waals surface area contributed by atoms with E-state index in [2.05, 4.69) is 32.9 Å². The average molecular weight is 225 g/mol. The highest BCUT2D eigenvalue weighted by Crippen LogP contribution is 2.31. The Hall–Kier alpha value is -1.76. The first-order valence-electron chi connectivity index (χ1n) is 5.81. The van der Waals surface area contributed by atoms with E-state index in [9.17, 15) is 0 Å². The summed E-state index contributed by atoms with van der Waals surface area (Å²) in [6.07, 6.45) is 0. The van der Waals surface area contributed by atoms with Crippen LogP contribution in [0.3, 0.4) is 0 Å². The van der Waals surface area contributed by atoms with Gasteiger partial charge in [0, 0.05) is 5.56 Å². The summed E-state index contributed by atoms with van der Waals surface area (Å²) < 4.78 is 5.97. The van der Waals surface area contributed by atoms with Crippen molar-refractivity contribution >= 4 is 0 Å². The summed E-state index contributed by atoms with van der Waals surface area (Å²) in [6.45, 7) is 6.16. The van der Waals surface area contributed by atoms with E-state index in [1.54, 1.807) is 0 Å². The van der Waals surface area contributed by atoms with Crippen molar-refractivity contribution in [2.45, 2.75) is 26.4 Å². The van der Waals surface area contributed by atoms with Gasteiger partial charge in [-0.15, -0.1) is 0 Å². The Morgan fingerprint density at radius 3 is 2.29 bits per heavy atom. The summed E-state index contributed by atoms with van der Waals surface area (Å²) in [7, 11) is 0. The van der Waals surface area contributed by atoms with Crippen LogP contribution in [0.4, 0.5) is 0 Å². The van der Waals surface area contributed by atoms with E-state index in [4.69, 9.17) is 4.74 Å². The lowest BCUT2D eigenvalue weighted by Crippen LogP contribution is -2.23. The summed E-state index contributed by atoms with van der Waals surface area (Å²) >= 11 is 0. The summed E-state index contributed by atoms with van der Waals surface area (Å²) in [6, 6.07) is 19.3. The fourth-order valence-electron chi connectivity index (χ4n) is 1.67. The summed E-state index contributed by atoms with van der Waals surface area (Å²) in [5.41, 5.74) is 1.96. The summed E-state index contributed by atoms with van der Waals surface area (Å²) in [5.74, 6) is 0.905. The number of hydrogen-bond acceptors (Lipinski definition) is 1. The fraction of sp³-hybridized carbons (Fsp3) is 0.250. The standard InChI is InChI=1S/C16H17O/c1-16(2,3)17-15-12-8-7-11-14(15)13-9-5-4-6-10-13/h4-9,11-12H,1-3H3. The zero-order valence-electron chi connectivity index (χ0n) is 10.5. The third kappa shape index (κ3) is 3.10. The van der Waals surface area contributed by atoms with Gasteiger partial charge >= 0.3 is 0 Å². The molecule has 87 valence electrons. The van der Waals surface area contributed by atoms with Gasteiger partial charge in [-0.05, 0) is 38.5 Å². The van der Waals surface area contributed by atoms with Gasteiger partial charge in [-0.2, -0.15) is 0 Å². The normalized spacial score (nSPS) is 11.2. The van der Waals surface area contributed by atoms with Crippen LogP contribution in [0.1, 0.15) is 20.8 Å². The summed E-state index contributed by atoms with van der Waals surface area (Å²) in [4.78, 5) is 0. The van der Waals surface area contributed by atoms with Crippen molar-refractivity contribution < 1.29 is 4.74 Å². The Balaban J connectivity index is 2.41. The van der Waals surface area contributed by atoms with Crippen LogP contribution in [0.2, 0.25) is 0 Å². The van der Waals surface area contributed by atoms with Gasteiger partial charge in [0.1, 0.15) is 11.4 Å². The quantitative estimate of drug-likeness (QED) is 0.739. The molecule has 2 aromatic carbocycles. The molecule has 0 aliphatic heterocycles. The first-order chi connectivity index (χ1) is 8.06. The number of ether oxygens (including phenoxy) is 1. The molecule has 2 aromatic rings. The maximum atomic E-state index is 5.97. The van der Waals surface area contributed by atoms with Crippen molar-refractivity contribution in [2.24, 2.45) is 0 Å². The molecule has 0 heterocycles. The van der Waals surface area contributed by atoms with Crippen LogP contribution < -0.4 is 4.74 Å². The molecular weight excluding hydrogens is 208 g/mol. The zero-order chi connectivity index (χ0) is 12.3. The average Bonchev–Trinajstić information content (AvgIpc) is 2.29. The second kappa shape index (κ2) is 4.62. The van der Waals surface area contributed by atoms with E-state index in [1.165, 1.54) is 0 Å². The lowest BCUT2D eigenvalue weighted by molar-refractivity contribution is 0.132. The third-order valence-corrected chi connectivity index (χ3v) is 2.30. The Morgan fingerprint density at radius 2 is 1.65 bits per heavy atom. The number of rotatable bonds is 2. The molecule has 0 unspecified atom stereocenters. The Kier molecular flexibility index (Phi) is 3.19. The molecule has 0 fully saturated rings. The molecule has 1 nitrogen and oxygen atoms in total. The fourth-order valence-corrected chi connectivity index (χ4v) is 1.67. The predicted octanol–water partition coefficient (Wildman–Crippen LogP) is 4.33. The second-order valence-corrected chi connectivity index (χ2v) is 4.99. The smallest absolute Gasteiger partial charge is 0.127 e. The van der Waals surface area contributed by atoms with E-state index in [-0.39, 0.29) is 5.60 Å². The van der Waals surface area contributed by atoms with E-state index >= 15 is 0 Å². The van der Waals surface area contributed by atoms with Gasteiger partial charge in [0.25, 0.3) is 0 Å². The topological polar surface area (TPSA) is 9.23 Å².